The molecule has 0 saturated carbocycles. The highest BCUT2D eigenvalue weighted by molar-refractivity contribution is 6.10. The highest BCUT2D eigenvalue weighted by atomic mass is 16.5. The van der Waals surface area contributed by atoms with E-state index in [2.05, 4.69) is 0 Å². The van der Waals surface area contributed by atoms with Crippen LogP contribution in [0.4, 0.5) is 5.69 Å². The van der Waals surface area contributed by atoms with Crippen molar-refractivity contribution in [2.24, 2.45) is 0 Å². The first kappa shape index (κ1) is 26.1. The molecule has 0 radical (unpaired) electrons. The maximum Gasteiger partial charge on any atom is 0.338 e. The van der Waals surface area contributed by atoms with Gasteiger partial charge >= 0.3 is 5.97 Å². The van der Waals surface area contributed by atoms with Gasteiger partial charge in [0.25, 0.3) is 5.91 Å². The normalized spacial score (nSPS) is 14.2. The van der Waals surface area contributed by atoms with Gasteiger partial charge in [0.2, 0.25) is 5.76 Å². The van der Waals surface area contributed by atoms with Crippen molar-refractivity contribution >= 4 is 28.5 Å². The van der Waals surface area contributed by atoms with E-state index in [1.54, 1.807) is 43.3 Å². The summed E-state index contributed by atoms with van der Waals surface area (Å²) in [5, 5.41) is 0.420. The van der Waals surface area contributed by atoms with Gasteiger partial charge in [0.1, 0.15) is 17.9 Å². The zero-order chi connectivity index (χ0) is 28.5. The molecular formula is C34H27NO6. The molecule has 0 saturated heterocycles. The van der Waals surface area contributed by atoms with Gasteiger partial charge in [0.05, 0.1) is 29.2 Å². The molecule has 204 valence electrons. The van der Waals surface area contributed by atoms with Crippen molar-refractivity contribution in [2.75, 3.05) is 11.5 Å². The first-order valence-corrected chi connectivity index (χ1v) is 13.4. The molecule has 0 N–H and O–H groups in total. The Morgan fingerprint density at radius 3 is 2.34 bits per heavy atom. The Bertz CT molecular complexity index is 1810. The van der Waals surface area contributed by atoms with Gasteiger partial charge in [-0.2, -0.15) is 0 Å². The predicted molar refractivity (Wildman–Crippen MR) is 155 cm³/mol. The van der Waals surface area contributed by atoms with Gasteiger partial charge in [-0.3, -0.25) is 14.5 Å². The average Bonchev–Trinajstić information content (AvgIpc) is 3.29. The summed E-state index contributed by atoms with van der Waals surface area (Å²) in [4.78, 5) is 41.5. The van der Waals surface area contributed by atoms with Gasteiger partial charge in [-0.15, -0.1) is 0 Å². The van der Waals surface area contributed by atoms with Crippen LogP contribution in [0.1, 0.15) is 56.1 Å². The third-order valence-corrected chi connectivity index (χ3v) is 7.13. The van der Waals surface area contributed by atoms with Crippen LogP contribution in [0.25, 0.3) is 11.0 Å². The number of aryl methyl sites for hydroxylation is 1. The largest absolute Gasteiger partial charge is 0.489 e. The summed E-state index contributed by atoms with van der Waals surface area (Å²) in [5.41, 5.74) is 3.95. The van der Waals surface area contributed by atoms with Crippen molar-refractivity contribution in [1.82, 2.24) is 0 Å². The number of carbonyl (C=O) groups excluding carboxylic acids is 2. The maximum absolute atomic E-state index is 13.9. The lowest BCUT2D eigenvalue weighted by molar-refractivity contribution is 0.0526. The van der Waals surface area contributed by atoms with Crippen LogP contribution in [0.2, 0.25) is 0 Å². The van der Waals surface area contributed by atoms with E-state index >= 15 is 0 Å². The molecule has 7 nitrogen and oxygen atoms in total. The van der Waals surface area contributed by atoms with Crippen LogP contribution in [0, 0.1) is 6.92 Å². The van der Waals surface area contributed by atoms with E-state index in [4.69, 9.17) is 13.9 Å². The lowest BCUT2D eigenvalue weighted by atomic mass is 9.97. The molecule has 4 aromatic carbocycles. The van der Waals surface area contributed by atoms with Crippen LogP contribution in [-0.4, -0.2) is 18.5 Å². The number of ether oxygens (including phenoxy) is 2. The topological polar surface area (TPSA) is 86.0 Å². The van der Waals surface area contributed by atoms with Crippen molar-refractivity contribution in [1.29, 1.82) is 0 Å². The fourth-order valence-electron chi connectivity index (χ4n) is 5.13. The van der Waals surface area contributed by atoms with E-state index < -0.39 is 17.9 Å². The first-order valence-electron chi connectivity index (χ1n) is 13.4. The Morgan fingerprint density at radius 2 is 1.63 bits per heavy atom. The zero-order valence-corrected chi connectivity index (χ0v) is 22.6. The van der Waals surface area contributed by atoms with Crippen LogP contribution in [0.3, 0.4) is 0 Å². The van der Waals surface area contributed by atoms with Gasteiger partial charge in [-0.05, 0) is 73.5 Å². The Morgan fingerprint density at radius 1 is 0.902 bits per heavy atom. The van der Waals surface area contributed by atoms with E-state index in [1.807, 2.05) is 67.6 Å². The van der Waals surface area contributed by atoms with Crippen LogP contribution in [0.15, 0.2) is 106 Å². The Kier molecular flexibility index (Phi) is 6.85. The number of nitrogens with zero attached hydrogens (tertiary/aromatic N) is 1. The van der Waals surface area contributed by atoms with Gasteiger partial charge in [0.15, 0.2) is 5.43 Å². The summed E-state index contributed by atoms with van der Waals surface area (Å²) in [5.74, 6) is -0.210. The molecule has 5 aromatic rings. The first-order chi connectivity index (χ1) is 19.9. The summed E-state index contributed by atoms with van der Waals surface area (Å²) in [6.07, 6.45) is 0. The number of anilines is 1. The highest BCUT2D eigenvalue weighted by Crippen LogP contribution is 2.41. The smallest absolute Gasteiger partial charge is 0.338 e. The number of rotatable bonds is 7. The molecule has 0 bridgehead atoms. The molecule has 1 aromatic heterocycles. The van der Waals surface area contributed by atoms with Crippen LogP contribution < -0.4 is 15.1 Å². The van der Waals surface area contributed by atoms with E-state index in [9.17, 15) is 14.4 Å². The summed E-state index contributed by atoms with van der Waals surface area (Å²) in [6.45, 7) is 4.32. The minimum absolute atomic E-state index is 0.00947. The molecule has 1 aliphatic heterocycles. The quantitative estimate of drug-likeness (QED) is 0.214. The number of hydrogen-bond acceptors (Lipinski definition) is 6. The number of esters is 1. The lowest BCUT2D eigenvalue weighted by Crippen LogP contribution is -2.29. The van der Waals surface area contributed by atoms with Gasteiger partial charge in [-0.25, -0.2) is 4.79 Å². The summed E-state index contributed by atoms with van der Waals surface area (Å²) in [6, 6.07) is 28.4. The molecule has 0 fully saturated rings. The number of amides is 1. The monoisotopic (exact) mass is 545 g/mol. The SMILES string of the molecule is CCOC(=O)c1ccc(N2C(=O)c3oc4ccc(C)cc4c(=O)c3C2c2ccc(OCc3ccccc3)cc2)cc1. The van der Waals surface area contributed by atoms with E-state index in [-0.39, 0.29) is 23.4 Å². The number of hydrogen-bond donors (Lipinski definition) is 0. The van der Waals surface area contributed by atoms with Crippen molar-refractivity contribution in [3.05, 3.63) is 141 Å². The zero-order valence-electron chi connectivity index (χ0n) is 22.6. The molecule has 1 amide bonds. The maximum atomic E-state index is 13.9. The lowest BCUT2D eigenvalue weighted by Gasteiger charge is -2.25. The van der Waals surface area contributed by atoms with E-state index in [1.165, 1.54) is 4.90 Å². The fraction of sp³-hybridized carbons (Fsp3) is 0.147. The average molecular weight is 546 g/mol. The molecular weight excluding hydrogens is 518 g/mol. The van der Waals surface area contributed by atoms with Crippen LogP contribution in [-0.2, 0) is 11.3 Å². The molecule has 7 heteroatoms. The van der Waals surface area contributed by atoms with Crippen LogP contribution in [0.5, 0.6) is 5.75 Å². The Balaban J connectivity index is 1.42. The minimum Gasteiger partial charge on any atom is -0.489 e. The second-order valence-corrected chi connectivity index (χ2v) is 9.86. The van der Waals surface area contributed by atoms with Crippen molar-refractivity contribution < 1.29 is 23.5 Å². The predicted octanol–water partition coefficient (Wildman–Crippen LogP) is 6.61. The third-order valence-electron chi connectivity index (χ3n) is 7.13. The molecule has 1 aliphatic rings. The fourth-order valence-corrected chi connectivity index (χ4v) is 5.13. The molecule has 0 spiro atoms. The Hall–Kier alpha value is -5.17. The third kappa shape index (κ3) is 4.87. The van der Waals surface area contributed by atoms with Crippen molar-refractivity contribution in [3.63, 3.8) is 0 Å². The summed E-state index contributed by atoms with van der Waals surface area (Å²) < 4.78 is 17.1. The number of fused-ring (bicyclic) bond motifs is 2. The summed E-state index contributed by atoms with van der Waals surface area (Å²) >= 11 is 0. The molecule has 1 atom stereocenters. The van der Waals surface area contributed by atoms with E-state index in [0.29, 0.717) is 34.6 Å². The standard InChI is InChI=1S/C34H27NO6/c1-3-39-34(38)24-10-14-25(15-11-24)35-30(23-12-16-26(17-13-23)40-20-22-7-5-4-6-8-22)29-31(36)27-19-21(2)9-18-28(27)41-32(29)33(35)37/h4-19,30H,3,20H2,1-2H3. The highest BCUT2D eigenvalue weighted by Gasteiger charge is 2.43. The molecule has 2 heterocycles. The van der Waals surface area contributed by atoms with Crippen molar-refractivity contribution in [2.45, 2.75) is 26.5 Å². The molecule has 0 aliphatic carbocycles. The van der Waals surface area contributed by atoms with Crippen molar-refractivity contribution in [3.8, 4) is 5.75 Å². The van der Waals surface area contributed by atoms with E-state index in [0.717, 1.165) is 16.7 Å². The Labute approximate surface area is 236 Å². The summed E-state index contributed by atoms with van der Waals surface area (Å²) in [7, 11) is 0. The molecule has 1 unspecified atom stereocenters. The second kappa shape index (κ2) is 10.8. The van der Waals surface area contributed by atoms with Gasteiger partial charge in [0, 0.05) is 5.69 Å². The minimum atomic E-state index is -0.740. The second-order valence-electron chi connectivity index (χ2n) is 9.86. The van der Waals surface area contributed by atoms with Gasteiger partial charge in [-0.1, -0.05) is 54.1 Å². The molecule has 6 rings (SSSR count). The number of benzene rings is 4. The number of carbonyl (C=O) groups is 2. The van der Waals surface area contributed by atoms with Crippen LogP contribution >= 0.6 is 0 Å². The van der Waals surface area contributed by atoms with Gasteiger partial charge < -0.3 is 13.9 Å². The molecule has 41 heavy (non-hydrogen) atoms.